The van der Waals surface area contributed by atoms with E-state index >= 15 is 0 Å². The third-order valence-corrected chi connectivity index (χ3v) is 3.96. The van der Waals surface area contributed by atoms with Crippen LogP contribution in [0.1, 0.15) is 58.7 Å². The monoisotopic (exact) mass is 315 g/mol. The van der Waals surface area contributed by atoms with E-state index in [-0.39, 0.29) is 11.5 Å². The van der Waals surface area contributed by atoms with E-state index < -0.39 is 0 Å². The molecule has 2 rings (SSSR count). The summed E-state index contributed by atoms with van der Waals surface area (Å²) in [5.74, 6) is 0.923. The van der Waals surface area contributed by atoms with Crippen molar-refractivity contribution in [2.24, 2.45) is 0 Å². The van der Waals surface area contributed by atoms with Gasteiger partial charge in [-0.25, -0.2) is 0 Å². The van der Waals surface area contributed by atoms with E-state index in [0.29, 0.717) is 0 Å². The maximum absolute atomic E-state index is 6.01. The van der Waals surface area contributed by atoms with Crippen molar-refractivity contribution in [2.45, 2.75) is 65.5 Å². The lowest BCUT2D eigenvalue weighted by Gasteiger charge is -2.18. The Morgan fingerprint density at radius 3 is 2.61 bits per heavy atom. The lowest BCUT2D eigenvalue weighted by molar-refractivity contribution is 0.193. The highest BCUT2D eigenvalue weighted by atomic mass is 16.5. The Morgan fingerprint density at radius 2 is 1.96 bits per heavy atom. The first-order valence-electron chi connectivity index (χ1n) is 8.47. The Hall–Kier alpha value is -1.97. The van der Waals surface area contributed by atoms with E-state index in [1.54, 1.807) is 0 Å². The van der Waals surface area contributed by atoms with Crippen LogP contribution < -0.4 is 10.1 Å². The van der Waals surface area contributed by atoms with Crippen LogP contribution in [0.3, 0.4) is 0 Å². The van der Waals surface area contributed by atoms with Crippen LogP contribution >= 0.6 is 0 Å². The van der Waals surface area contributed by atoms with Gasteiger partial charge in [-0.05, 0) is 25.0 Å². The van der Waals surface area contributed by atoms with Gasteiger partial charge in [0.25, 0.3) is 0 Å². The molecule has 0 atom stereocenters. The molecule has 126 valence electrons. The van der Waals surface area contributed by atoms with Gasteiger partial charge in [0, 0.05) is 35.5 Å². The average molecular weight is 315 g/mol. The number of hydrogen-bond donors (Lipinski definition) is 2. The highest BCUT2D eigenvalue weighted by Gasteiger charge is 2.20. The topological polar surface area (TPSA) is 49.9 Å². The molecular formula is C19H29N3O. The molecule has 0 unspecified atom stereocenters. The second-order valence-electron chi connectivity index (χ2n) is 6.95. The van der Waals surface area contributed by atoms with E-state index in [9.17, 15) is 0 Å². The number of aromatic nitrogens is 2. The van der Waals surface area contributed by atoms with Gasteiger partial charge in [-0.3, -0.25) is 5.10 Å². The van der Waals surface area contributed by atoms with Crippen LogP contribution in [-0.2, 0) is 12.0 Å². The van der Waals surface area contributed by atoms with E-state index in [1.165, 1.54) is 5.56 Å². The summed E-state index contributed by atoms with van der Waals surface area (Å²) in [6.45, 7) is 11.6. The molecule has 0 radical (unpaired) electrons. The molecule has 23 heavy (non-hydrogen) atoms. The maximum atomic E-state index is 6.01. The fourth-order valence-corrected chi connectivity index (χ4v) is 2.62. The van der Waals surface area contributed by atoms with Crippen molar-refractivity contribution in [3.8, 4) is 5.75 Å². The van der Waals surface area contributed by atoms with Gasteiger partial charge in [0.1, 0.15) is 5.75 Å². The van der Waals surface area contributed by atoms with Crippen molar-refractivity contribution in [2.75, 3.05) is 5.32 Å². The summed E-state index contributed by atoms with van der Waals surface area (Å²) in [5.41, 5.74) is 3.41. The number of H-pyrrole nitrogens is 1. The molecule has 0 aliphatic carbocycles. The van der Waals surface area contributed by atoms with Crippen molar-refractivity contribution in [3.63, 3.8) is 0 Å². The molecule has 0 amide bonds. The normalized spacial score (nSPS) is 11.7. The lowest BCUT2D eigenvalue weighted by atomic mass is 9.89. The van der Waals surface area contributed by atoms with E-state index in [4.69, 9.17) is 4.74 Å². The quantitative estimate of drug-likeness (QED) is 0.765. The van der Waals surface area contributed by atoms with Crippen molar-refractivity contribution in [1.29, 1.82) is 0 Å². The van der Waals surface area contributed by atoms with E-state index in [2.05, 4.69) is 62.3 Å². The van der Waals surface area contributed by atoms with E-state index in [0.717, 1.165) is 36.5 Å². The van der Waals surface area contributed by atoms with Crippen LogP contribution in [-0.4, -0.2) is 16.3 Å². The smallest absolute Gasteiger partial charge is 0.121 e. The van der Waals surface area contributed by atoms with Gasteiger partial charge in [0.2, 0.25) is 0 Å². The molecule has 0 spiro atoms. The number of nitrogens with one attached hydrogen (secondary N) is 2. The molecule has 1 aromatic heterocycles. The summed E-state index contributed by atoms with van der Waals surface area (Å²) in [4.78, 5) is 0. The second kappa shape index (κ2) is 7.53. The summed E-state index contributed by atoms with van der Waals surface area (Å²) >= 11 is 0. The van der Waals surface area contributed by atoms with Crippen molar-refractivity contribution in [3.05, 3.63) is 41.7 Å². The zero-order chi connectivity index (χ0) is 16.9. The number of hydrogen-bond acceptors (Lipinski definition) is 3. The van der Waals surface area contributed by atoms with Crippen LogP contribution in [0.4, 0.5) is 5.69 Å². The molecule has 0 saturated carbocycles. The fourth-order valence-electron chi connectivity index (χ4n) is 2.62. The number of rotatable bonds is 7. The number of benzene rings is 1. The third-order valence-electron chi connectivity index (χ3n) is 3.96. The highest BCUT2D eigenvalue weighted by Crippen LogP contribution is 2.25. The Bertz CT molecular complexity index is 609. The van der Waals surface area contributed by atoms with Gasteiger partial charge < -0.3 is 10.1 Å². The molecule has 4 nitrogen and oxygen atoms in total. The van der Waals surface area contributed by atoms with Gasteiger partial charge >= 0.3 is 0 Å². The standard InChI is InChI=1S/C19H29N3O/c1-6-16(7-2)23-17-10-8-9-15(11-17)20-12-14-13-21-22-18(14)19(3,4)5/h8-11,13,16,20H,6-7,12H2,1-5H3,(H,21,22). The van der Waals surface area contributed by atoms with Crippen LogP contribution in [0.15, 0.2) is 30.5 Å². The molecule has 0 aliphatic rings. The molecular weight excluding hydrogens is 286 g/mol. The molecule has 0 aliphatic heterocycles. The number of ether oxygens (including phenoxy) is 1. The van der Waals surface area contributed by atoms with Crippen LogP contribution in [0.2, 0.25) is 0 Å². The zero-order valence-electron chi connectivity index (χ0n) is 14.9. The van der Waals surface area contributed by atoms with Crippen molar-refractivity contribution < 1.29 is 4.74 Å². The minimum Gasteiger partial charge on any atom is -0.490 e. The zero-order valence-corrected chi connectivity index (χ0v) is 14.9. The molecule has 1 aromatic carbocycles. The predicted molar refractivity (Wildman–Crippen MR) is 96.1 cm³/mol. The third kappa shape index (κ3) is 4.75. The largest absolute Gasteiger partial charge is 0.490 e. The van der Waals surface area contributed by atoms with Crippen LogP contribution in [0, 0.1) is 0 Å². The summed E-state index contributed by atoms with van der Waals surface area (Å²) in [6, 6.07) is 8.17. The first-order valence-corrected chi connectivity index (χ1v) is 8.47. The molecule has 4 heteroatoms. The first-order chi connectivity index (χ1) is 10.9. The average Bonchev–Trinajstić information content (AvgIpc) is 3.00. The predicted octanol–water partition coefficient (Wildman–Crippen LogP) is 4.89. The van der Waals surface area contributed by atoms with Crippen LogP contribution in [0.25, 0.3) is 0 Å². The summed E-state index contributed by atoms with van der Waals surface area (Å²) in [5, 5.41) is 10.8. The minimum absolute atomic E-state index is 0.0391. The second-order valence-corrected chi connectivity index (χ2v) is 6.95. The van der Waals surface area contributed by atoms with Crippen LogP contribution in [0.5, 0.6) is 5.75 Å². The molecule has 0 bridgehead atoms. The number of anilines is 1. The molecule has 2 aromatic rings. The summed E-state index contributed by atoms with van der Waals surface area (Å²) in [6.07, 6.45) is 4.31. The molecule has 0 saturated heterocycles. The maximum Gasteiger partial charge on any atom is 0.121 e. The number of nitrogens with zero attached hydrogens (tertiary/aromatic N) is 1. The Morgan fingerprint density at radius 1 is 1.22 bits per heavy atom. The van der Waals surface area contributed by atoms with Gasteiger partial charge in [0.15, 0.2) is 0 Å². The van der Waals surface area contributed by atoms with E-state index in [1.807, 2.05) is 18.3 Å². The Kier molecular flexibility index (Phi) is 5.69. The highest BCUT2D eigenvalue weighted by molar-refractivity contribution is 5.48. The SMILES string of the molecule is CCC(CC)Oc1cccc(NCc2c[nH]nc2C(C)(C)C)c1. The Labute approximate surface area is 139 Å². The van der Waals surface area contributed by atoms with Crippen molar-refractivity contribution in [1.82, 2.24) is 10.2 Å². The van der Waals surface area contributed by atoms with Gasteiger partial charge in [-0.15, -0.1) is 0 Å². The van der Waals surface area contributed by atoms with Gasteiger partial charge in [-0.2, -0.15) is 5.10 Å². The summed E-state index contributed by atoms with van der Waals surface area (Å²) < 4.78 is 6.01. The lowest BCUT2D eigenvalue weighted by Crippen LogP contribution is -2.16. The summed E-state index contributed by atoms with van der Waals surface area (Å²) in [7, 11) is 0. The Balaban J connectivity index is 2.03. The van der Waals surface area contributed by atoms with Gasteiger partial charge in [0.05, 0.1) is 11.8 Å². The van der Waals surface area contributed by atoms with Gasteiger partial charge in [-0.1, -0.05) is 40.7 Å². The molecule has 0 fully saturated rings. The fraction of sp³-hybridized carbons (Fsp3) is 0.526. The first kappa shape index (κ1) is 17.4. The van der Waals surface area contributed by atoms with Crippen molar-refractivity contribution >= 4 is 5.69 Å². The molecule has 1 heterocycles. The molecule has 2 N–H and O–H groups in total. The minimum atomic E-state index is 0.0391. The number of aromatic amines is 1.